The second kappa shape index (κ2) is 22.0. The van der Waals surface area contributed by atoms with Gasteiger partial charge in [-0.1, -0.05) is 136 Å². The predicted octanol–water partition coefficient (Wildman–Crippen LogP) is 9.42. The molecule has 0 radical (unpaired) electrons. The summed E-state index contributed by atoms with van der Waals surface area (Å²) in [7, 11) is 0. The molecule has 0 saturated carbocycles. The van der Waals surface area contributed by atoms with Crippen molar-refractivity contribution in [1.29, 1.82) is 0 Å². The standard InChI is InChI=1S/C26H52O/c1-4-5-6-7-16-19-22-25(2)23-20-17-14-12-10-8-9-11-13-15-18-21-24-26(3)27/h25H,4-24H2,1-3H3. The van der Waals surface area contributed by atoms with Gasteiger partial charge >= 0.3 is 0 Å². The van der Waals surface area contributed by atoms with E-state index in [1.807, 2.05) is 0 Å². The maximum absolute atomic E-state index is 10.9. The van der Waals surface area contributed by atoms with E-state index in [1.165, 1.54) is 122 Å². The minimum Gasteiger partial charge on any atom is -0.300 e. The van der Waals surface area contributed by atoms with Gasteiger partial charge in [-0.15, -0.1) is 0 Å². The van der Waals surface area contributed by atoms with E-state index in [1.54, 1.807) is 6.92 Å². The molecule has 0 spiro atoms. The summed E-state index contributed by atoms with van der Waals surface area (Å²) in [6, 6.07) is 0. The Hall–Kier alpha value is -0.330. The third kappa shape index (κ3) is 23.6. The Kier molecular flexibility index (Phi) is 21.7. The van der Waals surface area contributed by atoms with Gasteiger partial charge in [0.1, 0.15) is 5.78 Å². The van der Waals surface area contributed by atoms with Crippen LogP contribution in [0.15, 0.2) is 0 Å². The fraction of sp³-hybridized carbons (Fsp3) is 0.962. The number of ketones is 1. The highest BCUT2D eigenvalue weighted by Crippen LogP contribution is 2.19. The van der Waals surface area contributed by atoms with Crippen LogP contribution in [0.4, 0.5) is 0 Å². The third-order valence-electron chi connectivity index (χ3n) is 6.03. The van der Waals surface area contributed by atoms with Gasteiger partial charge in [-0.25, -0.2) is 0 Å². The highest BCUT2D eigenvalue weighted by molar-refractivity contribution is 5.75. The van der Waals surface area contributed by atoms with E-state index in [4.69, 9.17) is 0 Å². The van der Waals surface area contributed by atoms with Crippen molar-refractivity contribution in [2.45, 2.75) is 156 Å². The first-order valence-electron chi connectivity index (χ1n) is 12.7. The molecular weight excluding hydrogens is 328 g/mol. The molecule has 0 aromatic carbocycles. The Labute approximate surface area is 172 Å². The summed E-state index contributed by atoms with van der Waals surface area (Å²) in [5, 5.41) is 0. The SMILES string of the molecule is CCCCCCCCC(C)CCCCCCCCCCCCCCC(C)=O. The molecule has 1 unspecified atom stereocenters. The van der Waals surface area contributed by atoms with E-state index in [0.717, 1.165) is 18.8 Å². The molecule has 0 bridgehead atoms. The van der Waals surface area contributed by atoms with Gasteiger partial charge in [-0.3, -0.25) is 0 Å². The lowest BCUT2D eigenvalue weighted by Gasteiger charge is -2.11. The molecule has 27 heavy (non-hydrogen) atoms. The summed E-state index contributed by atoms with van der Waals surface area (Å²) in [5.41, 5.74) is 0. The van der Waals surface area contributed by atoms with Crippen LogP contribution in [0.3, 0.4) is 0 Å². The van der Waals surface area contributed by atoms with Crippen LogP contribution in [-0.4, -0.2) is 5.78 Å². The first kappa shape index (κ1) is 26.7. The molecule has 1 heteroatoms. The van der Waals surface area contributed by atoms with Crippen LogP contribution < -0.4 is 0 Å². The van der Waals surface area contributed by atoms with Crippen molar-refractivity contribution in [2.75, 3.05) is 0 Å². The molecule has 0 rings (SSSR count). The van der Waals surface area contributed by atoms with Crippen LogP contribution in [0, 0.1) is 5.92 Å². The van der Waals surface area contributed by atoms with Gasteiger partial charge in [0.05, 0.1) is 0 Å². The quantitative estimate of drug-likeness (QED) is 0.171. The number of carbonyl (C=O) groups excluding carboxylic acids is 1. The minimum atomic E-state index is 0.349. The molecule has 0 N–H and O–H groups in total. The smallest absolute Gasteiger partial charge is 0.129 e. The normalized spacial score (nSPS) is 12.4. The molecule has 1 nitrogen and oxygen atoms in total. The van der Waals surface area contributed by atoms with Gasteiger partial charge in [-0.05, 0) is 19.3 Å². The van der Waals surface area contributed by atoms with E-state index in [2.05, 4.69) is 13.8 Å². The first-order valence-corrected chi connectivity index (χ1v) is 12.7. The highest BCUT2D eigenvalue weighted by Gasteiger charge is 2.02. The number of carbonyl (C=O) groups is 1. The lowest BCUT2D eigenvalue weighted by molar-refractivity contribution is -0.117. The van der Waals surface area contributed by atoms with Gasteiger partial charge < -0.3 is 4.79 Å². The van der Waals surface area contributed by atoms with Crippen LogP contribution in [0.5, 0.6) is 0 Å². The Morgan fingerprint density at radius 1 is 0.556 bits per heavy atom. The maximum atomic E-state index is 10.9. The Balaban J connectivity index is 3.12. The summed E-state index contributed by atoms with van der Waals surface area (Å²) >= 11 is 0. The van der Waals surface area contributed by atoms with Gasteiger partial charge in [0.2, 0.25) is 0 Å². The molecule has 0 aliphatic carbocycles. The van der Waals surface area contributed by atoms with Crippen LogP contribution in [0.25, 0.3) is 0 Å². The lowest BCUT2D eigenvalue weighted by atomic mass is 9.96. The number of unbranched alkanes of at least 4 members (excludes halogenated alkanes) is 16. The van der Waals surface area contributed by atoms with Crippen molar-refractivity contribution >= 4 is 5.78 Å². The van der Waals surface area contributed by atoms with Gasteiger partial charge in [0, 0.05) is 6.42 Å². The van der Waals surface area contributed by atoms with Crippen molar-refractivity contribution < 1.29 is 4.79 Å². The maximum Gasteiger partial charge on any atom is 0.129 e. The largest absolute Gasteiger partial charge is 0.300 e. The zero-order valence-electron chi connectivity index (χ0n) is 19.3. The zero-order chi connectivity index (χ0) is 20.0. The van der Waals surface area contributed by atoms with E-state index < -0.39 is 0 Å². The molecule has 0 aliphatic heterocycles. The Morgan fingerprint density at radius 3 is 1.26 bits per heavy atom. The van der Waals surface area contributed by atoms with E-state index in [0.29, 0.717) is 5.78 Å². The van der Waals surface area contributed by atoms with Crippen LogP contribution in [0.1, 0.15) is 156 Å². The number of hydrogen-bond donors (Lipinski definition) is 0. The fourth-order valence-electron chi connectivity index (χ4n) is 4.05. The molecule has 0 aromatic rings. The number of hydrogen-bond acceptors (Lipinski definition) is 1. The third-order valence-corrected chi connectivity index (χ3v) is 6.03. The van der Waals surface area contributed by atoms with Gasteiger partial charge in [-0.2, -0.15) is 0 Å². The van der Waals surface area contributed by atoms with E-state index in [-0.39, 0.29) is 0 Å². The average molecular weight is 381 g/mol. The topological polar surface area (TPSA) is 17.1 Å². The highest BCUT2D eigenvalue weighted by atomic mass is 16.1. The molecule has 0 fully saturated rings. The summed E-state index contributed by atoms with van der Waals surface area (Å²) in [4.78, 5) is 10.9. The van der Waals surface area contributed by atoms with Crippen LogP contribution >= 0.6 is 0 Å². The van der Waals surface area contributed by atoms with Gasteiger partial charge in [0.25, 0.3) is 0 Å². The number of Topliss-reactive ketones (excluding diaryl/α,β-unsaturated/α-hetero) is 1. The Bertz CT molecular complexity index is 297. The van der Waals surface area contributed by atoms with E-state index in [9.17, 15) is 4.79 Å². The molecule has 0 saturated heterocycles. The molecule has 0 aromatic heterocycles. The van der Waals surface area contributed by atoms with Crippen molar-refractivity contribution in [2.24, 2.45) is 5.92 Å². The lowest BCUT2D eigenvalue weighted by Crippen LogP contribution is -1.95. The first-order chi connectivity index (χ1) is 13.2. The van der Waals surface area contributed by atoms with Crippen molar-refractivity contribution in [3.8, 4) is 0 Å². The fourth-order valence-corrected chi connectivity index (χ4v) is 4.05. The molecular formula is C26H52O. The second-order valence-electron chi connectivity index (χ2n) is 9.14. The monoisotopic (exact) mass is 380 g/mol. The number of rotatable bonds is 22. The summed E-state index contributed by atoms with van der Waals surface area (Å²) in [6.45, 7) is 6.47. The summed E-state index contributed by atoms with van der Waals surface area (Å²) < 4.78 is 0. The van der Waals surface area contributed by atoms with Gasteiger partial charge in [0.15, 0.2) is 0 Å². The Morgan fingerprint density at radius 2 is 0.889 bits per heavy atom. The van der Waals surface area contributed by atoms with Crippen molar-refractivity contribution in [3.63, 3.8) is 0 Å². The molecule has 0 heterocycles. The second-order valence-corrected chi connectivity index (χ2v) is 9.14. The average Bonchev–Trinajstić information content (AvgIpc) is 2.64. The molecule has 0 aliphatic rings. The van der Waals surface area contributed by atoms with Crippen molar-refractivity contribution in [1.82, 2.24) is 0 Å². The predicted molar refractivity (Wildman–Crippen MR) is 122 cm³/mol. The zero-order valence-corrected chi connectivity index (χ0v) is 19.3. The summed E-state index contributed by atoms with van der Waals surface area (Å²) in [6.07, 6.45) is 28.9. The molecule has 162 valence electrons. The molecule has 0 amide bonds. The van der Waals surface area contributed by atoms with Crippen LogP contribution in [0.2, 0.25) is 0 Å². The van der Waals surface area contributed by atoms with Crippen molar-refractivity contribution in [3.05, 3.63) is 0 Å². The van der Waals surface area contributed by atoms with Crippen LogP contribution in [-0.2, 0) is 4.79 Å². The summed E-state index contributed by atoms with van der Waals surface area (Å²) in [5.74, 6) is 1.30. The minimum absolute atomic E-state index is 0.349. The molecule has 1 atom stereocenters. The van der Waals surface area contributed by atoms with E-state index >= 15 is 0 Å².